The van der Waals surface area contributed by atoms with Gasteiger partial charge in [-0.15, -0.1) is 0 Å². The van der Waals surface area contributed by atoms with E-state index in [0.717, 1.165) is 61.7 Å². The zero-order chi connectivity index (χ0) is 21.8. The van der Waals surface area contributed by atoms with Gasteiger partial charge in [0.25, 0.3) is 0 Å². The largest absolute Gasteiger partial charge is 0.395 e. The molecule has 0 radical (unpaired) electrons. The lowest BCUT2D eigenvalue weighted by atomic mass is 10.0. The Labute approximate surface area is 184 Å². The second kappa shape index (κ2) is 9.73. The smallest absolute Gasteiger partial charge is 0.159 e. The van der Waals surface area contributed by atoms with Gasteiger partial charge in [0.1, 0.15) is 0 Å². The summed E-state index contributed by atoms with van der Waals surface area (Å²) < 4.78 is 1.98. The molecule has 3 aromatic rings. The van der Waals surface area contributed by atoms with E-state index in [9.17, 15) is 5.11 Å². The molecule has 1 aliphatic heterocycles. The van der Waals surface area contributed by atoms with E-state index in [1.54, 1.807) is 0 Å². The van der Waals surface area contributed by atoms with Crippen LogP contribution >= 0.6 is 0 Å². The number of hydrogen-bond acceptors (Lipinski definition) is 5. The normalized spacial score (nSPS) is 17.7. The molecule has 164 valence electrons. The lowest BCUT2D eigenvalue weighted by Gasteiger charge is -2.31. The van der Waals surface area contributed by atoms with Gasteiger partial charge in [0.05, 0.1) is 12.3 Å². The van der Waals surface area contributed by atoms with Crippen molar-refractivity contribution < 1.29 is 5.11 Å². The number of nitrogens with zero attached hydrogens (tertiary/aromatic N) is 4. The van der Waals surface area contributed by atoms with Gasteiger partial charge in [0.15, 0.2) is 5.65 Å². The highest BCUT2D eigenvalue weighted by Gasteiger charge is 2.17. The molecular formula is C25H33N5O. The van der Waals surface area contributed by atoms with E-state index in [1.165, 1.54) is 16.7 Å². The van der Waals surface area contributed by atoms with Crippen LogP contribution in [0.4, 0.5) is 0 Å². The van der Waals surface area contributed by atoms with Gasteiger partial charge in [0.2, 0.25) is 0 Å². The fourth-order valence-electron chi connectivity index (χ4n) is 4.35. The average Bonchev–Trinajstić information content (AvgIpc) is 3.13. The van der Waals surface area contributed by atoms with E-state index < -0.39 is 0 Å². The van der Waals surface area contributed by atoms with Crippen LogP contribution in [-0.2, 0) is 12.8 Å². The van der Waals surface area contributed by atoms with Gasteiger partial charge in [-0.05, 0) is 37.5 Å². The number of rotatable bonds is 7. The highest BCUT2D eigenvalue weighted by atomic mass is 16.3. The topological polar surface area (TPSA) is 65.7 Å². The first-order valence-corrected chi connectivity index (χ1v) is 11.2. The average molecular weight is 420 g/mol. The standard InChI is InChI=1S/C25H33N5O/c1-4-24-23(25-27-18(2)14-19(3)30(25)28-24)15-21-9-7-20(8-10-21)6-5-12-29-13-11-26-22(16-29)17-31/h5-10,14,22,26,31H,4,11-13,15-17H2,1-3H3/b6-5+. The Balaban J connectivity index is 1.44. The van der Waals surface area contributed by atoms with Gasteiger partial charge in [-0.25, -0.2) is 9.50 Å². The Hall–Kier alpha value is -2.54. The van der Waals surface area contributed by atoms with Crippen molar-refractivity contribution in [1.29, 1.82) is 0 Å². The van der Waals surface area contributed by atoms with Crippen molar-refractivity contribution in [3.8, 4) is 0 Å². The molecule has 1 aromatic carbocycles. The molecule has 1 unspecified atom stereocenters. The van der Waals surface area contributed by atoms with Gasteiger partial charge in [0, 0.05) is 55.6 Å². The zero-order valence-corrected chi connectivity index (χ0v) is 18.8. The monoisotopic (exact) mass is 419 g/mol. The fourth-order valence-corrected chi connectivity index (χ4v) is 4.35. The van der Waals surface area contributed by atoms with E-state index in [-0.39, 0.29) is 12.6 Å². The number of aliphatic hydroxyl groups is 1. The molecule has 0 spiro atoms. The molecule has 1 atom stereocenters. The van der Waals surface area contributed by atoms with Crippen LogP contribution in [0, 0.1) is 13.8 Å². The van der Waals surface area contributed by atoms with E-state index in [1.807, 2.05) is 11.4 Å². The molecule has 31 heavy (non-hydrogen) atoms. The summed E-state index contributed by atoms with van der Waals surface area (Å²) in [7, 11) is 0. The third-order valence-corrected chi connectivity index (χ3v) is 6.00. The SMILES string of the molecule is CCc1nn2c(C)cc(C)nc2c1Cc1ccc(/C=C/CN2CCNC(CO)C2)cc1. The number of aliphatic hydroxyl groups excluding tert-OH is 1. The summed E-state index contributed by atoms with van der Waals surface area (Å²) in [5, 5.41) is 17.5. The first-order valence-electron chi connectivity index (χ1n) is 11.2. The molecule has 0 saturated carbocycles. The van der Waals surface area contributed by atoms with Gasteiger partial charge in [-0.1, -0.05) is 43.3 Å². The minimum Gasteiger partial charge on any atom is -0.395 e. The van der Waals surface area contributed by atoms with Crippen LogP contribution in [0.25, 0.3) is 11.7 Å². The minimum absolute atomic E-state index is 0.191. The molecule has 0 amide bonds. The highest BCUT2D eigenvalue weighted by molar-refractivity contribution is 5.55. The quantitative estimate of drug-likeness (QED) is 0.617. The Bertz CT molecular complexity index is 1050. The van der Waals surface area contributed by atoms with Crippen LogP contribution < -0.4 is 5.32 Å². The Kier molecular flexibility index (Phi) is 6.80. The first kappa shape index (κ1) is 21.7. The molecule has 6 nitrogen and oxygen atoms in total. The van der Waals surface area contributed by atoms with Gasteiger partial charge in [-0.2, -0.15) is 5.10 Å². The molecule has 1 saturated heterocycles. The van der Waals surface area contributed by atoms with Crippen LogP contribution in [0.15, 0.2) is 36.4 Å². The van der Waals surface area contributed by atoms with Crippen LogP contribution in [-0.4, -0.2) is 63.4 Å². The van der Waals surface area contributed by atoms with Crippen molar-refractivity contribution >= 4 is 11.7 Å². The predicted molar refractivity (Wildman–Crippen MR) is 125 cm³/mol. The number of aromatic nitrogens is 3. The van der Waals surface area contributed by atoms with E-state index in [0.29, 0.717) is 0 Å². The number of piperazine rings is 1. The minimum atomic E-state index is 0.191. The molecule has 4 rings (SSSR count). The van der Waals surface area contributed by atoms with Crippen molar-refractivity contribution in [1.82, 2.24) is 24.8 Å². The predicted octanol–water partition coefficient (Wildman–Crippen LogP) is 2.78. The zero-order valence-electron chi connectivity index (χ0n) is 18.8. The fraction of sp³-hybridized carbons (Fsp3) is 0.440. The maximum absolute atomic E-state index is 9.33. The molecule has 2 N–H and O–H groups in total. The lowest BCUT2D eigenvalue weighted by molar-refractivity contribution is 0.158. The van der Waals surface area contributed by atoms with Crippen LogP contribution in [0.2, 0.25) is 0 Å². The summed E-state index contributed by atoms with van der Waals surface area (Å²) in [6, 6.07) is 11.0. The molecule has 3 heterocycles. The Morgan fingerprint density at radius 1 is 1.23 bits per heavy atom. The van der Waals surface area contributed by atoms with Crippen molar-refractivity contribution in [3.63, 3.8) is 0 Å². The van der Waals surface area contributed by atoms with Crippen molar-refractivity contribution in [2.75, 3.05) is 32.8 Å². The first-order chi connectivity index (χ1) is 15.1. The van der Waals surface area contributed by atoms with Crippen LogP contribution in [0.1, 0.15) is 40.7 Å². The molecule has 6 heteroatoms. The van der Waals surface area contributed by atoms with Gasteiger partial charge < -0.3 is 10.4 Å². The molecule has 1 fully saturated rings. The van der Waals surface area contributed by atoms with Gasteiger partial charge in [-0.3, -0.25) is 4.90 Å². The van der Waals surface area contributed by atoms with Crippen LogP contribution in [0.5, 0.6) is 0 Å². The van der Waals surface area contributed by atoms with Crippen molar-refractivity contribution in [3.05, 3.63) is 70.2 Å². The third kappa shape index (κ3) is 5.03. The highest BCUT2D eigenvalue weighted by Crippen LogP contribution is 2.21. The second-order valence-corrected chi connectivity index (χ2v) is 8.47. The third-order valence-electron chi connectivity index (χ3n) is 6.00. The molecule has 1 aliphatic rings. The molecular weight excluding hydrogens is 386 g/mol. The van der Waals surface area contributed by atoms with Crippen LogP contribution in [0.3, 0.4) is 0 Å². The molecule has 0 aliphatic carbocycles. The molecule has 0 bridgehead atoms. The summed E-state index contributed by atoms with van der Waals surface area (Å²) >= 11 is 0. The number of benzene rings is 1. The Morgan fingerprint density at radius 2 is 2.03 bits per heavy atom. The number of nitrogens with one attached hydrogen (secondary N) is 1. The lowest BCUT2D eigenvalue weighted by Crippen LogP contribution is -2.52. The summed E-state index contributed by atoms with van der Waals surface area (Å²) in [6.07, 6.45) is 6.14. The van der Waals surface area contributed by atoms with E-state index >= 15 is 0 Å². The molecule has 2 aromatic heterocycles. The maximum Gasteiger partial charge on any atom is 0.159 e. The second-order valence-electron chi connectivity index (χ2n) is 8.47. The number of aryl methyl sites for hydroxylation is 3. The van der Waals surface area contributed by atoms with E-state index in [2.05, 4.69) is 66.5 Å². The summed E-state index contributed by atoms with van der Waals surface area (Å²) in [4.78, 5) is 7.15. The van der Waals surface area contributed by atoms with Gasteiger partial charge >= 0.3 is 0 Å². The van der Waals surface area contributed by atoms with Crippen molar-refractivity contribution in [2.24, 2.45) is 0 Å². The summed E-state index contributed by atoms with van der Waals surface area (Å²) in [5.74, 6) is 0. The van der Waals surface area contributed by atoms with E-state index in [4.69, 9.17) is 10.1 Å². The van der Waals surface area contributed by atoms with Crippen molar-refractivity contribution in [2.45, 2.75) is 39.7 Å². The summed E-state index contributed by atoms with van der Waals surface area (Å²) in [6.45, 7) is 10.2. The number of hydrogen-bond donors (Lipinski definition) is 2. The number of fused-ring (bicyclic) bond motifs is 1. The summed E-state index contributed by atoms with van der Waals surface area (Å²) in [5.41, 5.74) is 7.98. The Morgan fingerprint density at radius 3 is 2.77 bits per heavy atom. The maximum atomic E-state index is 9.33.